The summed E-state index contributed by atoms with van der Waals surface area (Å²) in [4.78, 5) is 23.2. The zero-order valence-electron chi connectivity index (χ0n) is 12.0. The molecule has 5 nitrogen and oxygen atoms in total. The maximum absolute atomic E-state index is 12.9. The second-order valence-electron chi connectivity index (χ2n) is 4.53. The van der Waals surface area contributed by atoms with Crippen molar-refractivity contribution >= 4 is 41.4 Å². The smallest absolute Gasteiger partial charge is 0.220 e. The van der Waals surface area contributed by atoms with Crippen LogP contribution in [-0.4, -0.2) is 34.6 Å². The number of halogens is 1. The first kappa shape index (κ1) is 16.9. The third-order valence-corrected chi connectivity index (χ3v) is 2.92. The summed E-state index contributed by atoms with van der Waals surface area (Å²) in [5.41, 5.74) is 0.650. The van der Waals surface area contributed by atoms with Gasteiger partial charge < -0.3 is 0 Å². The van der Waals surface area contributed by atoms with Gasteiger partial charge in [-0.15, -0.1) is 0 Å². The number of hydrazone groups is 1. The van der Waals surface area contributed by atoms with E-state index in [0.717, 1.165) is 4.90 Å². The number of nitrogens with zero attached hydrogens (tertiary/aromatic N) is 3. The molecule has 0 radical (unpaired) electrons. The molecule has 1 rings (SSSR count). The van der Waals surface area contributed by atoms with Crippen molar-refractivity contribution in [3.63, 3.8) is 0 Å². The lowest BCUT2D eigenvalue weighted by atomic mass is 10.3. The van der Waals surface area contributed by atoms with Crippen LogP contribution in [0.5, 0.6) is 0 Å². The number of hydrogen-bond acceptors (Lipinski definition) is 4. The largest absolute Gasteiger partial charge is 0.296 e. The monoisotopic (exact) mass is 309 g/mol. The normalized spacial score (nSPS) is 11.2. The van der Waals surface area contributed by atoms with E-state index in [1.54, 1.807) is 0 Å². The van der Waals surface area contributed by atoms with Gasteiger partial charge in [-0.05, 0) is 57.3 Å². The van der Waals surface area contributed by atoms with Crippen LogP contribution in [0.4, 0.5) is 10.1 Å². The molecule has 0 atom stereocenters. The first-order valence-electron chi connectivity index (χ1n) is 6.24. The van der Waals surface area contributed by atoms with Crippen molar-refractivity contribution in [2.45, 2.75) is 26.8 Å². The van der Waals surface area contributed by atoms with E-state index in [2.05, 4.69) is 5.10 Å². The fourth-order valence-electron chi connectivity index (χ4n) is 1.50. The minimum absolute atomic E-state index is 0.104. The van der Waals surface area contributed by atoms with Gasteiger partial charge in [-0.25, -0.2) is 9.40 Å². The Morgan fingerprint density at radius 3 is 2.29 bits per heavy atom. The van der Waals surface area contributed by atoms with E-state index in [1.165, 1.54) is 36.2 Å². The average molecular weight is 309 g/mol. The van der Waals surface area contributed by atoms with Crippen LogP contribution in [0.1, 0.15) is 20.8 Å². The van der Waals surface area contributed by atoms with Gasteiger partial charge in [-0.3, -0.25) is 14.5 Å². The summed E-state index contributed by atoms with van der Waals surface area (Å²) in [5, 5.41) is 5.56. The molecule has 1 amide bonds. The highest BCUT2D eigenvalue weighted by Gasteiger charge is 2.20. The third kappa shape index (κ3) is 4.42. The number of aldehydes is 1. The summed E-state index contributed by atoms with van der Waals surface area (Å²) in [6.07, 6.45) is 1.12. The van der Waals surface area contributed by atoms with Gasteiger partial charge >= 0.3 is 0 Å². The summed E-state index contributed by atoms with van der Waals surface area (Å²) in [6, 6.07) is 5.17. The number of anilines is 1. The fourth-order valence-corrected chi connectivity index (χ4v) is 1.90. The number of hydrogen-bond donors (Lipinski definition) is 0. The van der Waals surface area contributed by atoms with Crippen molar-refractivity contribution in [2.24, 2.45) is 5.10 Å². The highest BCUT2D eigenvalue weighted by molar-refractivity contribution is 7.80. The van der Waals surface area contributed by atoms with Crippen LogP contribution < -0.4 is 4.90 Å². The highest BCUT2D eigenvalue weighted by Crippen LogP contribution is 2.17. The van der Waals surface area contributed by atoms with Crippen molar-refractivity contribution in [1.82, 2.24) is 5.01 Å². The lowest BCUT2D eigenvalue weighted by Crippen LogP contribution is -2.43. The Labute approximate surface area is 128 Å². The van der Waals surface area contributed by atoms with Crippen molar-refractivity contribution in [1.29, 1.82) is 0 Å². The second-order valence-corrected chi connectivity index (χ2v) is 4.90. The van der Waals surface area contributed by atoms with Gasteiger partial charge in [0, 0.05) is 6.04 Å². The van der Waals surface area contributed by atoms with E-state index in [1.807, 2.05) is 13.8 Å². The number of amides is 1. The molecule has 112 valence electrons. The van der Waals surface area contributed by atoms with E-state index in [4.69, 9.17) is 12.2 Å². The molecule has 0 aliphatic rings. The van der Waals surface area contributed by atoms with Crippen LogP contribution in [0.2, 0.25) is 0 Å². The van der Waals surface area contributed by atoms with Gasteiger partial charge in [0.1, 0.15) is 5.82 Å². The minimum atomic E-state index is -0.411. The second kappa shape index (κ2) is 7.58. The molecule has 0 aliphatic heterocycles. The van der Waals surface area contributed by atoms with Gasteiger partial charge in [0.15, 0.2) is 6.29 Å². The van der Waals surface area contributed by atoms with Gasteiger partial charge in [0.05, 0.1) is 11.4 Å². The standard InChI is InChI=1S/C14H16FN3O2S/c1-10(2)18(16-11(3)8-19)14(21)17(9-20)13-6-4-12(15)5-7-13/h4-10H,1-3H3/b16-11+. The minimum Gasteiger partial charge on any atom is -0.296 e. The summed E-state index contributed by atoms with van der Waals surface area (Å²) in [6.45, 7) is 5.18. The Bertz CT molecular complexity index is 558. The topological polar surface area (TPSA) is 53.0 Å². The van der Waals surface area contributed by atoms with Crippen molar-refractivity contribution in [2.75, 3.05) is 4.90 Å². The number of carbonyl (C=O) groups excluding carboxylic acids is 2. The molecule has 0 aromatic heterocycles. The molecule has 0 N–H and O–H groups in total. The van der Waals surface area contributed by atoms with Gasteiger partial charge in [-0.1, -0.05) is 0 Å². The summed E-state index contributed by atoms with van der Waals surface area (Å²) < 4.78 is 12.9. The van der Waals surface area contributed by atoms with Crippen LogP contribution in [-0.2, 0) is 9.59 Å². The van der Waals surface area contributed by atoms with Crippen molar-refractivity contribution in [3.05, 3.63) is 30.1 Å². The quantitative estimate of drug-likeness (QED) is 0.363. The molecular weight excluding hydrogens is 293 g/mol. The SMILES string of the molecule is C/C(C=O)=N\N(C(=S)N(C=O)c1ccc(F)cc1)C(C)C. The highest BCUT2D eigenvalue weighted by atomic mass is 32.1. The van der Waals surface area contributed by atoms with Gasteiger partial charge in [0.25, 0.3) is 0 Å². The summed E-state index contributed by atoms with van der Waals surface area (Å²) >= 11 is 5.26. The zero-order chi connectivity index (χ0) is 16.0. The van der Waals surface area contributed by atoms with Crippen LogP contribution in [0.3, 0.4) is 0 Å². The molecule has 0 aliphatic carbocycles. The fraction of sp³-hybridized carbons (Fsp3) is 0.286. The maximum Gasteiger partial charge on any atom is 0.220 e. The Morgan fingerprint density at radius 1 is 1.29 bits per heavy atom. The molecule has 0 saturated carbocycles. The predicted octanol–water partition coefficient (Wildman–Crippen LogP) is 2.36. The van der Waals surface area contributed by atoms with Crippen molar-refractivity contribution < 1.29 is 14.0 Å². The van der Waals surface area contributed by atoms with Crippen LogP contribution in [0, 0.1) is 5.82 Å². The Hall–Kier alpha value is -2.15. The van der Waals surface area contributed by atoms with E-state index < -0.39 is 5.82 Å². The molecule has 0 saturated heterocycles. The first-order valence-corrected chi connectivity index (χ1v) is 6.65. The summed E-state index contributed by atoms with van der Waals surface area (Å²) in [5.74, 6) is -0.411. The van der Waals surface area contributed by atoms with Crippen LogP contribution in [0.15, 0.2) is 29.4 Å². The Kier molecular flexibility index (Phi) is 6.10. The molecule has 0 unspecified atom stereocenters. The van der Waals surface area contributed by atoms with Crippen LogP contribution in [0.25, 0.3) is 0 Å². The average Bonchev–Trinajstić information content (AvgIpc) is 2.46. The molecule has 1 aromatic rings. The van der Waals surface area contributed by atoms with E-state index in [9.17, 15) is 14.0 Å². The number of rotatable bonds is 5. The number of benzene rings is 1. The molecule has 7 heteroatoms. The lowest BCUT2D eigenvalue weighted by molar-refractivity contribution is -0.106. The molecular formula is C14H16FN3O2S. The first-order chi connectivity index (χ1) is 9.90. The molecule has 1 aromatic carbocycles. The summed E-state index contributed by atoms with van der Waals surface area (Å²) in [7, 11) is 0. The van der Waals surface area contributed by atoms with E-state index in [-0.39, 0.29) is 16.9 Å². The predicted molar refractivity (Wildman–Crippen MR) is 83.7 cm³/mol. The molecule has 21 heavy (non-hydrogen) atoms. The van der Waals surface area contributed by atoms with Crippen LogP contribution >= 0.6 is 12.2 Å². The Morgan fingerprint density at radius 2 is 1.86 bits per heavy atom. The third-order valence-electron chi connectivity index (χ3n) is 2.54. The maximum atomic E-state index is 12.9. The number of thiocarbonyl (C=S) groups is 1. The molecule has 0 spiro atoms. The molecule has 0 bridgehead atoms. The number of carbonyl (C=O) groups is 2. The molecule has 0 heterocycles. The van der Waals surface area contributed by atoms with Crippen molar-refractivity contribution in [3.8, 4) is 0 Å². The van der Waals surface area contributed by atoms with Gasteiger partial charge in [-0.2, -0.15) is 5.10 Å². The lowest BCUT2D eigenvalue weighted by Gasteiger charge is -2.29. The van der Waals surface area contributed by atoms with E-state index >= 15 is 0 Å². The zero-order valence-corrected chi connectivity index (χ0v) is 12.8. The van der Waals surface area contributed by atoms with E-state index in [0.29, 0.717) is 18.4 Å². The van der Waals surface area contributed by atoms with Gasteiger partial charge in [0.2, 0.25) is 11.5 Å². The molecule has 0 fully saturated rings. The Balaban J connectivity index is 3.13.